The Labute approximate surface area is 178 Å². The van der Waals surface area contributed by atoms with Crippen molar-refractivity contribution in [3.8, 4) is 11.3 Å². The van der Waals surface area contributed by atoms with Crippen molar-refractivity contribution in [1.82, 2.24) is 15.0 Å². The molecule has 1 amide bonds. The molecule has 30 heavy (non-hydrogen) atoms. The number of thiazole rings is 1. The van der Waals surface area contributed by atoms with Crippen LogP contribution in [-0.4, -0.2) is 34.5 Å². The molecule has 0 radical (unpaired) electrons. The fourth-order valence-electron chi connectivity index (χ4n) is 3.34. The fraction of sp³-hybridized carbons (Fsp3) is 0.300. The summed E-state index contributed by atoms with van der Waals surface area (Å²) in [4.78, 5) is 24.8. The number of primary amides is 1. The molecule has 1 fully saturated rings. The molecule has 1 aliphatic rings. The molecule has 2 heterocycles. The molecule has 8 nitrogen and oxygen atoms in total. The SMILES string of the molecule is CCC(c1csc(NS(=O)(=O)C2CC2)n1)c1cc(C(N)=O)ccc1-c1cnccn1. The Morgan fingerprint density at radius 2 is 2.13 bits per heavy atom. The first-order valence-electron chi connectivity index (χ1n) is 9.56. The van der Waals surface area contributed by atoms with Crippen molar-refractivity contribution in [2.75, 3.05) is 4.72 Å². The van der Waals surface area contributed by atoms with Gasteiger partial charge in [0.1, 0.15) is 0 Å². The molecule has 10 heteroatoms. The average molecular weight is 444 g/mol. The lowest BCUT2D eigenvalue weighted by atomic mass is 9.87. The fourth-order valence-corrected chi connectivity index (χ4v) is 5.70. The predicted octanol–water partition coefficient (Wildman–Crippen LogP) is 3.15. The third-order valence-electron chi connectivity index (χ3n) is 5.03. The van der Waals surface area contributed by atoms with Crippen molar-refractivity contribution < 1.29 is 13.2 Å². The standard InChI is InChI=1S/C20H21N5O3S2/c1-2-14(18-11-29-20(24-18)25-30(27,28)13-4-5-13)16-9-12(19(21)26)3-6-15(16)17-10-22-7-8-23-17/h3,6-11,13-14H,2,4-5H2,1H3,(H2,21,26)(H,24,25). The number of nitrogens with one attached hydrogen (secondary N) is 1. The van der Waals surface area contributed by atoms with Crippen LogP contribution in [0.1, 0.15) is 53.7 Å². The molecule has 3 N–H and O–H groups in total. The van der Waals surface area contributed by atoms with Crippen molar-refractivity contribution in [2.45, 2.75) is 37.4 Å². The smallest absolute Gasteiger partial charge is 0.248 e. The normalized spacial score (nSPS) is 15.0. The van der Waals surface area contributed by atoms with E-state index in [4.69, 9.17) is 5.73 Å². The minimum atomic E-state index is -3.37. The monoisotopic (exact) mass is 443 g/mol. The molecule has 4 rings (SSSR count). The molecular formula is C20H21N5O3S2. The molecule has 0 aliphatic heterocycles. The first-order valence-corrected chi connectivity index (χ1v) is 12.0. The van der Waals surface area contributed by atoms with E-state index in [0.29, 0.717) is 35.7 Å². The molecule has 1 atom stereocenters. The van der Waals surface area contributed by atoms with Crippen LogP contribution in [0.4, 0.5) is 5.13 Å². The Hall–Kier alpha value is -2.85. The summed E-state index contributed by atoms with van der Waals surface area (Å²) in [6.07, 6.45) is 6.92. The molecular weight excluding hydrogens is 422 g/mol. The van der Waals surface area contributed by atoms with E-state index < -0.39 is 15.9 Å². The van der Waals surface area contributed by atoms with Crippen molar-refractivity contribution in [2.24, 2.45) is 5.73 Å². The number of amides is 1. The summed E-state index contributed by atoms with van der Waals surface area (Å²) in [6.45, 7) is 2.01. The molecule has 1 aromatic carbocycles. The number of hydrogen-bond donors (Lipinski definition) is 2. The van der Waals surface area contributed by atoms with Crippen molar-refractivity contribution in [1.29, 1.82) is 0 Å². The van der Waals surface area contributed by atoms with Gasteiger partial charge < -0.3 is 5.73 Å². The van der Waals surface area contributed by atoms with Gasteiger partial charge >= 0.3 is 0 Å². The Balaban J connectivity index is 1.74. The average Bonchev–Trinajstić information content (AvgIpc) is 3.51. The summed E-state index contributed by atoms with van der Waals surface area (Å²) in [5.74, 6) is -0.690. The first kappa shape index (κ1) is 20.4. The van der Waals surface area contributed by atoms with E-state index in [1.54, 1.807) is 30.7 Å². The van der Waals surface area contributed by atoms with Gasteiger partial charge in [-0.05, 0) is 37.0 Å². The molecule has 1 aliphatic carbocycles. The van der Waals surface area contributed by atoms with Crippen molar-refractivity contribution >= 4 is 32.4 Å². The zero-order valence-corrected chi connectivity index (χ0v) is 17.9. The molecule has 3 aromatic rings. The Bertz CT molecular complexity index is 1170. The number of anilines is 1. The second-order valence-electron chi connectivity index (χ2n) is 7.14. The van der Waals surface area contributed by atoms with Gasteiger partial charge in [-0.15, -0.1) is 11.3 Å². The summed E-state index contributed by atoms with van der Waals surface area (Å²) in [7, 11) is -3.37. The van der Waals surface area contributed by atoms with Gasteiger partial charge in [0, 0.05) is 34.8 Å². The number of benzene rings is 1. The van der Waals surface area contributed by atoms with Crippen molar-refractivity contribution in [3.05, 3.63) is 59.0 Å². The molecule has 1 saturated carbocycles. The Morgan fingerprint density at radius 3 is 2.77 bits per heavy atom. The lowest BCUT2D eigenvalue weighted by Gasteiger charge is -2.18. The zero-order valence-electron chi connectivity index (χ0n) is 16.3. The maximum atomic E-state index is 12.2. The molecule has 0 bridgehead atoms. The third-order valence-corrected chi connectivity index (χ3v) is 7.76. The first-order chi connectivity index (χ1) is 14.4. The zero-order chi connectivity index (χ0) is 21.3. The van der Waals surface area contributed by atoms with Gasteiger partial charge in [-0.2, -0.15) is 0 Å². The van der Waals surface area contributed by atoms with Crippen LogP contribution < -0.4 is 10.5 Å². The van der Waals surface area contributed by atoms with E-state index in [9.17, 15) is 13.2 Å². The number of nitrogens with two attached hydrogens (primary N) is 1. The van der Waals surface area contributed by atoms with E-state index >= 15 is 0 Å². The number of rotatable bonds is 8. The van der Waals surface area contributed by atoms with Gasteiger partial charge in [-0.3, -0.25) is 19.5 Å². The van der Waals surface area contributed by atoms with E-state index in [1.165, 1.54) is 11.3 Å². The van der Waals surface area contributed by atoms with Crippen LogP contribution in [0.15, 0.2) is 42.2 Å². The molecule has 156 valence electrons. The van der Waals surface area contributed by atoms with Crippen LogP contribution in [0, 0.1) is 0 Å². The van der Waals surface area contributed by atoms with Crippen LogP contribution in [0.2, 0.25) is 0 Å². The minimum Gasteiger partial charge on any atom is -0.366 e. The van der Waals surface area contributed by atoms with Gasteiger partial charge in [-0.25, -0.2) is 13.4 Å². The molecule has 0 spiro atoms. The van der Waals surface area contributed by atoms with Crippen LogP contribution in [0.3, 0.4) is 0 Å². The second kappa shape index (κ2) is 8.11. The molecule has 1 unspecified atom stereocenters. The highest BCUT2D eigenvalue weighted by atomic mass is 32.2. The Morgan fingerprint density at radius 1 is 1.33 bits per heavy atom. The van der Waals surface area contributed by atoms with E-state index in [0.717, 1.165) is 16.8 Å². The number of aromatic nitrogens is 3. The van der Waals surface area contributed by atoms with Crippen LogP contribution in [0.5, 0.6) is 0 Å². The molecule has 2 aromatic heterocycles. The number of sulfonamides is 1. The summed E-state index contributed by atoms with van der Waals surface area (Å²) < 4.78 is 27.0. The molecule has 0 saturated heterocycles. The summed E-state index contributed by atoms with van der Waals surface area (Å²) in [6, 6.07) is 5.23. The lowest BCUT2D eigenvalue weighted by Crippen LogP contribution is -2.17. The topological polar surface area (TPSA) is 128 Å². The number of carbonyl (C=O) groups excluding carboxylic acids is 1. The summed E-state index contributed by atoms with van der Waals surface area (Å²) in [5.41, 5.74) is 8.96. The quantitative estimate of drug-likeness (QED) is 0.550. The van der Waals surface area contributed by atoms with Gasteiger partial charge in [0.25, 0.3) is 0 Å². The summed E-state index contributed by atoms with van der Waals surface area (Å²) >= 11 is 1.25. The van der Waals surface area contributed by atoms with Crippen LogP contribution in [0.25, 0.3) is 11.3 Å². The largest absolute Gasteiger partial charge is 0.366 e. The highest BCUT2D eigenvalue weighted by Crippen LogP contribution is 2.37. The summed E-state index contributed by atoms with van der Waals surface area (Å²) in [5, 5.41) is 1.88. The third kappa shape index (κ3) is 4.19. The second-order valence-corrected chi connectivity index (χ2v) is 9.96. The van der Waals surface area contributed by atoms with Gasteiger partial charge in [0.05, 0.1) is 22.8 Å². The van der Waals surface area contributed by atoms with Crippen LogP contribution in [-0.2, 0) is 10.0 Å². The van der Waals surface area contributed by atoms with E-state index in [-0.39, 0.29) is 11.2 Å². The highest BCUT2D eigenvalue weighted by molar-refractivity contribution is 7.93. The Kier molecular flexibility index (Phi) is 5.52. The highest BCUT2D eigenvalue weighted by Gasteiger charge is 2.36. The predicted molar refractivity (Wildman–Crippen MR) is 116 cm³/mol. The lowest BCUT2D eigenvalue weighted by molar-refractivity contribution is 0.1000. The maximum Gasteiger partial charge on any atom is 0.248 e. The number of hydrogen-bond acceptors (Lipinski definition) is 7. The number of carbonyl (C=O) groups is 1. The van der Waals surface area contributed by atoms with E-state index in [2.05, 4.69) is 19.7 Å². The van der Waals surface area contributed by atoms with Crippen LogP contribution >= 0.6 is 11.3 Å². The van der Waals surface area contributed by atoms with Gasteiger partial charge in [0.2, 0.25) is 15.9 Å². The maximum absolute atomic E-state index is 12.2. The van der Waals surface area contributed by atoms with Gasteiger partial charge in [0.15, 0.2) is 5.13 Å². The van der Waals surface area contributed by atoms with Crippen molar-refractivity contribution in [3.63, 3.8) is 0 Å². The minimum absolute atomic E-state index is 0.170. The number of nitrogens with zero attached hydrogens (tertiary/aromatic N) is 3. The van der Waals surface area contributed by atoms with Gasteiger partial charge in [-0.1, -0.05) is 13.0 Å². The van der Waals surface area contributed by atoms with E-state index in [1.807, 2.05) is 18.4 Å².